The van der Waals surface area contributed by atoms with Crippen molar-refractivity contribution in [2.45, 2.75) is 19.4 Å². The number of hydrogen-bond donors (Lipinski definition) is 2. The maximum absolute atomic E-state index is 12.5. The van der Waals surface area contributed by atoms with E-state index >= 15 is 0 Å². The van der Waals surface area contributed by atoms with Gasteiger partial charge >= 0.3 is 0 Å². The molecule has 3 N–H and O–H groups in total. The molecule has 0 aliphatic rings. The van der Waals surface area contributed by atoms with Gasteiger partial charge in [-0.2, -0.15) is 0 Å². The molecule has 3 rings (SSSR count). The summed E-state index contributed by atoms with van der Waals surface area (Å²) in [6.45, 7) is 2.48. The second kappa shape index (κ2) is 9.35. The van der Waals surface area contributed by atoms with Crippen LogP contribution >= 0.6 is 11.3 Å². The van der Waals surface area contributed by atoms with Crippen LogP contribution in [0.15, 0.2) is 66.0 Å². The molecule has 0 saturated carbocycles. The molecule has 0 unspecified atom stereocenters. The summed E-state index contributed by atoms with van der Waals surface area (Å²) in [5.41, 5.74) is 3.22. The first-order chi connectivity index (χ1) is 13.2. The van der Waals surface area contributed by atoms with Crippen molar-refractivity contribution in [3.63, 3.8) is 0 Å². The number of nitrogens with two attached hydrogens (primary N) is 1. The van der Waals surface area contributed by atoms with E-state index in [0.29, 0.717) is 18.0 Å². The number of hydrogen-bond acceptors (Lipinski definition) is 3. The number of quaternary nitrogens is 1. The van der Waals surface area contributed by atoms with Crippen molar-refractivity contribution in [1.82, 2.24) is 0 Å². The van der Waals surface area contributed by atoms with E-state index in [4.69, 9.17) is 4.74 Å². The van der Waals surface area contributed by atoms with Crippen LogP contribution in [0, 0.1) is 0 Å². The number of para-hydroxylation sites is 2. The summed E-state index contributed by atoms with van der Waals surface area (Å²) in [4.78, 5) is 13.7. The van der Waals surface area contributed by atoms with E-state index < -0.39 is 0 Å². The van der Waals surface area contributed by atoms with Gasteiger partial charge in [0.1, 0.15) is 11.8 Å². The molecular formula is C22H25N2O2S+. The van der Waals surface area contributed by atoms with Gasteiger partial charge in [-0.1, -0.05) is 49.4 Å². The van der Waals surface area contributed by atoms with E-state index in [0.717, 1.165) is 6.42 Å². The fourth-order valence-electron chi connectivity index (χ4n) is 3.02. The third-order valence-electron chi connectivity index (χ3n) is 4.52. The molecule has 0 spiro atoms. The number of methoxy groups -OCH3 is 1. The van der Waals surface area contributed by atoms with Crippen LogP contribution in [0.1, 0.15) is 29.0 Å². The third-order valence-corrected chi connectivity index (χ3v) is 5.47. The number of ether oxygens (including phenoxy) is 1. The van der Waals surface area contributed by atoms with E-state index in [-0.39, 0.29) is 11.9 Å². The molecule has 4 nitrogen and oxygen atoms in total. The average molecular weight is 382 g/mol. The van der Waals surface area contributed by atoms with Crippen molar-refractivity contribution in [1.29, 1.82) is 0 Å². The zero-order valence-electron chi connectivity index (χ0n) is 15.6. The van der Waals surface area contributed by atoms with Gasteiger partial charge in [-0.3, -0.25) is 4.79 Å². The second-order valence-electron chi connectivity index (χ2n) is 6.28. The lowest BCUT2D eigenvalue weighted by Crippen LogP contribution is -2.87. The average Bonchev–Trinajstić information content (AvgIpc) is 3.23. The van der Waals surface area contributed by atoms with Gasteiger partial charge in [0.05, 0.1) is 17.7 Å². The van der Waals surface area contributed by atoms with Gasteiger partial charge in [0.2, 0.25) is 0 Å². The molecule has 1 heterocycles. The fraction of sp³-hybridized carbons (Fsp3) is 0.227. The topological polar surface area (TPSA) is 54.9 Å². The first-order valence-corrected chi connectivity index (χ1v) is 9.97. The number of rotatable bonds is 8. The molecule has 0 bridgehead atoms. The Kier molecular flexibility index (Phi) is 6.63. The number of anilines is 1. The lowest BCUT2D eigenvalue weighted by atomic mass is 10.0. The number of benzene rings is 2. The highest BCUT2D eigenvalue weighted by Gasteiger charge is 2.20. The first-order valence-electron chi connectivity index (χ1n) is 9.09. The molecule has 3 aromatic rings. The predicted molar refractivity (Wildman–Crippen MR) is 110 cm³/mol. The molecule has 0 aliphatic carbocycles. The minimum atomic E-state index is -0.0498. The van der Waals surface area contributed by atoms with Crippen molar-refractivity contribution in [2.24, 2.45) is 0 Å². The van der Waals surface area contributed by atoms with E-state index in [1.807, 2.05) is 24.3 Å². The Hall–Kier alpha value is -2.63. The van der Waals surface area contributed by atoms with Gasteiger partial charge in [-0.05, 0) is 35.6 Å². The predicted octanol–water partition coefficient (Wildman–Crippen LogP) is 3.61. The molecular weight excluding hydrogens is 356 g/mol. The van der Waals surface area contributed by atoms with Crippen molar-refractivity contribution < 1.29 is 14.8 Å². The molecule has 0 radical (unpaired) electrons. The Morgan fingerprint density at radius 3 is 2.56 bits per heavy atom. The van der Waals surface area contributed by atoms with Crippen molar-refractivity contribution in [2.75, 3.05) is 19.0 Å². The minimum Gasteiger partial charge on any atom is -0.495 e. The number of carbonyl (C=O) groups is 1. The van der Waals surface area contributed by atoms with Crippen LogP contribution in [0.25, 0.3) is 0 Å². The van der Waals surface area contributed by atoms with Crippen LogP contribution < -0.4 is 15.4 Å². The highest BCUT2D eigenvalue weighted by Crippen LogP contribution is 2.24. The van der Waals surface area contributed by atoms with Crippen LogP contribution in [0.5, 0.6) is 5.75 Å². The maximum Gasteiger partial charge on any atom is 0.279 e. The Bertz CT molecular complexity index is 860. The Morgan fingerprint density at radius 2 is 1.89 bits per heavy atom. The highest BCUT2D eigenvalue weighted by atomic mass is 32.1. The first kappa shape index (κ1) is 19.1. The summed E-state index contributed by atoms with van der Waals surface area (Å²) < 4.78 is 5.30. The summed E-state index contributed by atoms with van der Waals surface area (Å²) in [5.74, 6) is 0.613. The van der Waals surface area contributed by atoms with Crippen LogP contribution in [0.2, 0.25) is 0 Å². The number of carbonyl (C=O) groups excluding carboxylic acids is 1. The normalized spacial score (nSPS) is 11.8. The molecule has 0 saturated heterocycles. The van der Waals surface area contributed by atoms with Crippen LogP contribution in [0.4, 0.5) is 5.69 Å². The fourth-order valence-corrected chi connectivity index (χ4v) is 3.87. The van der Waals surface area contributed by atoms with Crippen LogP contribution in [-0.2, 0) is 11.2 Å². The van der Waals surface area contributed by atoms with E-state index in [1.165, 1.54) is 16.0 Å². The number of amides is 1. The molecule has 1 atom stereocenters. The summed E-state index contributed by atoms with van der Waals surface area (Å²) in [5, 5.41) is 7.10. The van der Waals surface area contributed by atoms with Gasteiger partial charge in [0.25, 0.3) is 5.91 Å². The Morgan fingerprint density at radius 1 is 1.11 bits per heavy atom. The molecule has 27 heavy (non-hydrogen) atoms. The smallest absolute Gasteiger partial charge is 0.279 e. The van der Waals surface area contributed by atoms with E-state index in [1.54, 1.807) is 18.4 Å². The van der Waals surface area contributed by atoms with Crippen molar-refractivity contribution >= 4 is 22.9 Å². The lowest BCUT2D eigenvalue weighted by molar-refractivity contribution is -0.675. The Labute approximate surface area is 164 Å². The summed E-state index contributed by atoms with van der Waals surface area (Å²) in [7, 11) is 1.60. The van der Waals surface area contributed by atoms with Crippen LogP contribution in [-0.4, -0.2) is 19.6 Å². The minimum absolute atomic E-state index is 0.0498. The summed E-state index contributed by atoms with van der Waals surface area (Å²) in [6.07, 6.45) is 1.02. The number of nitrogens with one attached hydrogen (secondary N) is 1. The van der Waals surface area contributed by atoms with Gasteiger partial charge in [0, 0.05) is 5.56 Å². The van der Waals surface area contributed by atoms with Gasteiger partial charge in [-0.25, -0.2) is 0 Å². The molecule has 1 aromatic heterocycles. The van der Waals surface area contributed by atoms with Crippen molar-refractivity contribution in [3.8, 4) is 5.75 Å². The highest BCUT2D eigenvalue weighted by molar-refractivity contribution is 7.10. The number of thiophene rings is 1. The molecule has 0 aliphatic heterocycles. The lowest BCUT2D eigenvalue weighted by Gasteiger charge is -2.16. The van der Waals surface area contributed by atoms with Gasteiger partial charge in [-0.15, -0.1) is 11.3 Å². The zero-order chi connectivity index (χ0) is 19.1. The standard InChI is InChI=1S/C22H24N2O2S/c1-3-16-10-12-17(13-11-16)22(20-9-6-14-27-20)23-15-21(25)24-18-7-4-5-8-19(18)26-2/h4-14,22-23H,3,15H2,1-2H3,(H,24,25)/p+1/t22-/m1/s1. The molecule has 1 amide bonds. The summed E-state index contributed by atoms with van der Waals surface area (Å²) in [6, 6.07) is 20.4. The molecule has 140 valence electrons. The largest absolute Gasteiger partial charge is 0.495 e. The maximum atomic E-state index is 12.5. The van der Waals surface area contributed by atoms with E-state index in [2.05, 4.69) is 59.3 Å². The second-order valence-corrected chi connectivity index (χ2v) is 7.26. The quantitative estimate of drug-likeness (QED) is 0.626. The monoisotopic (exact) mass is 381 g/mol. The van der Waals surface area contributed by atoms with Crippen molar-refractivity contribution in [3.05, 3.63) is 82.0 Å². The van der Waals surface area contributed by atoms with E-state index in [9.17, 15) is 4.79 Å². The molecule has 0 fully saturated rings. The SMILES string of the molecule is CCc1ccc([C@@H]([NH2+]CC(=O)Nc2ccccc2OC)c2cccs2)cc1. The van der Waals surface area contributed by atoms with Crippen LogP contribution in [0.3, 0.4) is 0 Å². The molecule has 2 aromatic carbocycles. The van der Waals surface area contributed by atoms with Gasteiger partial charge in [0.15, 0.2) is 6.54 Å². The Balaban J connectivity index is 1.70. The summed E-state index contributed by atoms with van der Waals surface area (Å²) >= 11 is 1.71. The third kappa shape index (κ3) is 4.96. The number of aryl methyl sites for hydroxylation is 1. The zero-order valence-corrected chi connectivity index (χ0v) is 16.5. The van der Waals surface area contributed by atoms with Gasteiger partial charge < -0.3 is 15.4 Å². The molecule has 5 heteroatoms.